The molecular formula is C37H30F5N5O. The lowest BCUT2D eigenvalue weighted by molar-refractivity contribution is -0.142. The molecule has 11 heteroatoms. The predicted molar refractivity (Wildman–Crippen MR) is 172 cm³/mol. The molecule has 2 atom stereocenters. The maximum atomic E-state index is 14.4. The van der Waals surface area contributed by atoms with Gasteiger partial charge < -0.3 is 0 Å². The molecule has 0 unspecified atom stereocenters. The second-order valence-electron chi connectivity index (χ2n) is 12.5. The normalized spacial score (nSPS) is 18.9. The van der Waals surface area contributed by atoms with Gasteiger partial charge in [0.25, 0.3) is 5.91 Å². The van der Waals surface area contributed by atoms with Crippen LogP contribution in [0.25, 0.3) is 23.0 Å². The van der Waals surface area contributed by atoms with Gasteiger partial charge in [0.15, 0.2) is 17.0 Å². The van der Waals surface area contributed by atoms with Gasteiger partial charge in [-0.15, -0.1) is 0 Å². The average molecular weight is 656 g/mol. The third kappa shape index (κ3) is 5.89. The highest BCUT2D eigenvalue weighted by atomic mass is 19.4. The fourth-order valence-electron chi connectivity index (χ4n) is 6.51. The second kappa shape index (κ2) is 12.1. The predicted octanol–water partition coefficient (Wildman–Crippen LogP) is 9.25. The van der Waals surface area contributed by atoms with E-state index in [0.717, 1.165) is 29.2 Å². The van der Waals surface area contributed by atoms with Crippen LogP contribution in [-0.2, 0) is 6.18 Å². The number of aromatic nitrogens is 3. The Morgan fingerprint density at radius 1 is 0.917 bits per heavy atom. The van der Waals surface area contributed by atoms with E-state index < -0.39 is 29.6 Å². The Morgan fingerprint density at radius 3 is 2.23 bits per heavy atom. The largest absolute Gasteiger partial charge is 0.433 e. The summed E-state index contributed by atoms with van der Waals surface area (Å²) in [5.74, 6) is -1.54. The molecule has 6 nitrogen and oxygen atoms in total. The zero-order chi connectivity index (χ0) is 33.7. The van der Waals surface area contributed by atoms with Gasteiger partial charge in [0, 0.05) is 17.5 Å². The molecule has 0 N–H and O–H groups in total. The van der Waals surface area contributed by atoms with E-state index in [1.807, 2.05) is 32.1 Å². The van der Waals surface area contributed by atoms with Crippen molar-refractivity contribution in [3.8, 4) is 11.3 Å². The molecule has 2 aliphatic rings. The third-order valence-electron chi connectivity index (χ3n) is 8.94. The Labute approximate surface area is 273 Å². The zero-order valence-corrected chi connectivity index (χ0v) is 26.0. The van der Waals surface area contributed by atoms with E-state index in [-0.39, 0.29) is 34.7 Å². The first kappa shape index (κ1) is 31.4. The van der Waals surface area contributed by atoms with Gasteiger partial charge in [-0.05, 0) is 83.9 Å². The molecule has 5 aromatic rings. The van der Waals surface area contributed by atoms with Crippen LogP contribution >= 0.6 is 0 Å². The summed E-state index contributed by atoms with van der Waals surface area (Å²) in [6.45, 7) is 4.05. The number of halogens is 5. The Hall–Kier alpha value is -5.19. The lowest BCUT2D eigenvalue weighted by atomic mass is 9.77. The third-order valence-corrected chi connectivity index (χ3v) is 8.94. The van der Waals surface area contributed by atoms with Crippen molar-refractivity contribution in [2.24, 2.45) is 11.0 Å². The molecule has 0 bridgehead atoms. The van der Waals surface area contributed by atoms with Gasteiger partial charge in [0.05, 0.1) is 17.4 Å². The molecule has 244 valence electrons. The fraction of sp³-hybridized carbons (Fsp3) is 0.243. The SMILES string of the molecule is CC(C)c1ccc(-c2cc(C(F)(F)F)n3nc(C(=O)N4N=C5/C(=C\c6ccc(F)cc6)CCC[C@@H]5[C@H]4c4ccc(F)cc4)cc3n2)cc1. The first-order valence-corrected chi connectivity index (χ1v) is 15.7. The van der Waals surface area contributed by atoms with Crippen molar-refractivity contribution in [3.05, 3.63) is 130 Å². The number of rotatable bonds is 5. The fourth-order valence-corrected chi connectivity index (χ4v) is 6.51. The minimum atomic E-state index is -4.79. The van der Waals surface area contributed by atoms with Crippen LogP contribution < -0.4 is 0 Å². The van der Waals surface area contributed by atoms with E-state index in [4.69, 9.17) is 5.10 Å². The van der Waals surface area contributed by atoms with Crippen LogP contribution in [0.2, 0.25) is 0 Å². The monoisotopic (exact) mass is 655 g/mol. The molecule has 3 heterocycles. The van der Waals surface area contributed by atoms with Gasteiger partial charge >= 0.3 is 6.18 Å². The number of fused-ring (bicyclic) bond motifs is 2. The van der Waals surface area contributed by atoms with Crippen molar-refractivity contribution < 1.29 is 26.7 Å². The summed E-state index contributed by atoms with van der Waals surface area (Å²) in [7, 11) is 0. The number of carbonyl (C=O) groups excluding carboxylic acids is 1. The zero-order valence-electron chi connectivity index (χ0n) is 26.0. The van der Waals surface area contributed by atoms with Crippen LogP contribution in [0.4, 0.5) is 22.0 Å². The molecule has 1 aliphatic carbocycles. The Bertz CT molecular complexity index is 2060. The van der Waals surface area contributed by atoms with Gasteiger partial charge in [-0.3, -0.25) is 4.79 Å². The number of alkyl halides is 3. The number of carbonyl (C=O) groups is 1. The van der Waals surface area contributed by atoms with Crippen molar-refractivity contribution >= 4 is 23.3 Å². The van der Waals surface area contributed by atoms with E-state index in [1.165, 1.54) is 35.3 Å². The molecule has 0 saturated heterocycles. The maximum absolute atomic E-state index is 14.4. The van der Waals surface area contributed by atoms with E-state index in [1.54, 1.807) is 36.4 Å². The van der Waals surface area contributed by atoms with Crippen molar-refractivity contribution in [1.82, 2.24) is 19.6 Å². The lowest BCUT2D eigenvalue weighted by Crippen LogP contribution is -2.32. The number of hydrogen-bond acceptors (Lipinski definition) is 4. The van der Waals surface area contributed by atoms with Gasteiger partial charge in [-0.2, -0.15) is 23.4 Å². The van der Waals surface area contributed by atoms with Gasteiger partial charge in [-0.25, -0.2) is 23.3 Å². The molecule has 48 heavy (non-hydrogen) atoms. The molecule has 1 saturated carbocycles. The molecule has 3 aromatic carbocycles. The average Bonchev–Trinajstić information content (AvgIpc) is 3.68. The minimum Gasteiger partial charge on any atom is -0.265 e. The Morgan fingerprint density at radius 2 is 1.58 bits per heavy atom. The maximum Gasteiger partial charge on any atom is 0.433 e. The summed E-state index contributed by atoms with van der Waals surface area (Å²) in [4.78, 5) is 18.7. The smallest absolute Gasteiger partial charge is 0.265 e. The molecule has 1 amide bonds. The highest BCUT2D eigenvalue weighted by Crippen LogP contribution is 2.45. The van der Waals surface area contributed by atoms with Crippen LogP contribution in [-0.4, -0.2) is 31.2 Å². The van der Waals surface area contributed by atoms with Crippen molar-refractivity contribution in [3.63, 3.8) is 0 Å². The molecular weight excluding hydrogens is 625 g/mol. The standard InChI is InChI=1S/C37H30F5N5O/c1-21(2)23-8-10-24(11-9-23)30-19-32(37(40,41)42)46-33(43-30)20-31(44-46)36(48)47-35(25-12-16-28(39)17-13-25)29-5-3-4-26(34(29)45-47)18-22-6-14-27(38)15-7-22/h6-21,29,35H,3-5H2,1-2H3/b26-18-/t29-,35+/m0/s1. The summed E-state index contributed by atoms with van der Waals surface area (Å²) >= 11 is 0. The number of amides is 1. The van der Waals surface area contributed by atoms with E-state index >= 15 is 0 Å². The Balaban J connectivity index is 1.32. The first-order valence-electron chi connectivity index (χ1n) is 15.7. The Kier molecular flexibility index (Phi) is 7.93. The van der Waals surface area contributed by atoms with E-state index in [0.29, 0.717) is 34.2 Å². The lowest BCUT2D eigenvalue weighted by Gasteiger charge is -2.29. The molecule has 0 spiro atoms. The van der Waals surface area contributed by atoms with Crippen LogP contribution in [0.3, 0.4) is 0 Å². The van der Waals surface area contributed by atoms with Crippen LogP contribution in [0.1, 0.15) is 77.9 Å². The van der Waals surface area contributed by atoms with E-state index in [2.05, 4.69) is 10.1 Å². The summed E-state index contributed by atoms with van der Waals surface area (Å²) in [6, 6.07) is 20.5. The molecule has 1 fully saturated rings. The quantitative estimate of drug-likeness (QED) is 0.177. The van der Waals surface area contributed by atoms with Gasteiger partial charge in [0.2, 0.25) is 0 Å². The summed E-state index contributed by atoms with van der Waals surface area (Å²) in [6.07, 6.45) is -0.765. The number of allylic oxidation sites excluding steroid dienone is 1. The molecule has 7 rings (SSSR count). The van der Waals surface area contributed by atoms with Crippen molar-refractivity contribution in [1.29, 1.82) is 0 Å². The van der Waals surface area contributed by atoms with Crippen LogP contribution in [0, 0.1) is 17.6 Å². The molecule has 1 aliphatic heterocycles. The number of hydrazone groups is 1. The van der Waals surface area contributed by atoms with Gasteiger partial charge in [-0.1, -0.05) is 62.4 Å². The van der Waals surface area contributed by atoms with Crippen LogP contribution in [0.5, 0.6) is 0 Å². The molecule has 0 radical (unpaired) electrons. The van der Waals surface area contributed by atoms with Gasteiger partial charge in [0.1, 0.15) is 11.6 Å². The van der Waals surface area contributed by atoms with Crippen LogP contribution in [0.15, 0.2) is 95.6 Å². The highest BCUT2D eigenvalue weighted by Gasteiger charge is 2.45. The second-order valence-corrected chi connectivity index (χ2v) is 12.5. The number of hydrogen-bond donors (Lipinski definition) is 0. The topological polar surface area (TPSA) is 62.9 Å². The van der Waals surface area contributed by atoms with Crippen molar-refractivity contribution in [2.45, 2.75) is 51.2 Å². The summed E-state index contributed by atoms with van der Waals surface area (Å²) in [5, 5.41) is 10.1. The summed E-state index contributed by atoms with van der Waals surface area (Å²) < 4.78 is 71.4. The minimum absolute atomic E-state index is 0.0937. The number of benzene rings is 3. The van der Waals surface area contributed by atoms with E-state index in [9.17, 15) is 26.7 Å². The highest BCUT2D eigenvalue weighted by molar-refractivity contribution is 6.09. The number of nitrogens with zero attached hydrogens (tertiary/aromatic N) is 5. The summed E-state index contributed by atoms with van der Waals surface area (Å²) in [5.41, 5.74) is 3.05. The first-order chi connectivity index (χ1) is 23.0. The molecule has 2 aromatic heterocycles. The van der Waals surface area contributed by atoms with Crippen molar-refractivity contribution in [2.75, 3.05) is 0 Å².